The van der Waals surface area contributed by atoms with Gasteiger partial charge in [-0.3, -0.25) is 0 Å². The maximum absolute atomic E-state index is 9.04. The van der Waals surface area contributed by atoms with Gasteiger partial charge in [0.25, 0.3) is 0 Å². The second-order valence-electron chi connectivity index (χ2n) is 2.51. The molecule has 0 radical (unpaired) electrons. The smallest absolute Gasteiger partial charge is 0.103 e. The van der Waals surface area contributed by atoms with E-state index >= 15 is 0 Å². The van der Waals surface area contributed by atoms with Crippen LogP contribution in [0.3, 0.4) is 0 Å². The van der Waals surface area contributed by atoms with Crippen molar-refractivity contribution in [3.8, 4) is 0 Å². The molecule has 12 heavy (non-hydrogen) atoms. The number of rotatable bonds is 1. The van der Waals surface area contributed by atoms with Gasteiger partial charge in [0.05, 0.1) is 25.4 Å². The summed E-state index contributed by atoms with van der Waals surface area (Å²) in [5, 5.41) is 33.5. The van der Waals surface area contributed by atoms with Crippen molar-refractivity contribution in [1.29, 1.82) is 0 Å². The molecule has 1 rings (SSSR count). The van der Waals surface area contributed by atoms with Crippen LogP contribution in [0.1, 0.15) is 6.42 Å². The average Bonchev–Trinajstić information content (AvgIpc) is 2.13. The molecular weight excluding hydrogens is 164 g/mol. The van der Waals surface area contributed by atoms with E-state index in [2.05, 4.69) is 0 Å². The second-order valence-corrected chi connectivity index (χ2v) is 2.51. The zero-order valence-corrected chi connectivity index (χ0v) is 7.05. The second kappa shape index (κ2) is 6.33. The highest BCUT2D eigenvalue weighted by atomic mass is 16.5. The van der Waals surface area contributed by atoms with Crippen molar-refractivity contribution in [3.63, 3.8) is 0 Å². The standard InChI is InChI=1S/C6H12O4.CH4O/c7-2-4-1-5(8)6(9)3-10-4;1-2/h4-9H,1-3H2;2H,1H3. The predicted molar refractivity (Wildman–Crippen MR) is 41.6 cm³/mol. The Morgan fingerprint density at radius 3 is 2.25 bits per heavy atom. The van der Waals surface area contributed by atoms with E-state index in [0.717, 1.165) is 7.11 Å². The molecule has 0 spiro atoms. The van der Waals surface area contributed by atoms with Crippen LogP contribution >= 0.6 is 0 Å². The summed E-state index contributed by atoms with van der Waals surface area (Å²) in [7, 11) is 1.00. The molecule has 0 saturated carbocycles. The van der Waals surface area contributed by atoms with Crippen LogP contribution in [0.4, 0.5) is 0 Å². The van der Waals surface area contributed by atoms with Crippen molar-refractivity contribution < 1.29 is 25.2 Å². The minimum atomic E-state index is -0.789. The van der Waals surface area contributed by atoms with Crippen LogP contribution in [0.2, 0.25) is 0 Å². The van der Waals surface area contributed by atoms with Crippen molar-refractivity contribution in [2.45, 2.75) is 24.7 Å². The summed E-state index contributed by atoms with van der Waals surface area (Å²) in [5.41, 5.74) is 0. The zero-order chi connectivity index (χ0) is 9.56. The van der Waals surface area contributed by atoms with Gasteiger partial charge in [-0.2, -0.15) is 0 Å². The summed E-state index contributed by atoms with van der Waals surface area (Å²) in [6, 6.07) is 0. The lowest BCUT2D eigenvalue weighted by Gasteiger charge is -2.29. The molecule has 0 aliphatic carbocycles. The number of aliphatic hydroxyl groups is 4. The fourth-order valence-electron chi connectivity index (χ4n) is 0.967. The van der Waals surface area contributed by atoms with Gasteiger partial charge in [0.2, 0.25) is 0 Å². The molecular formula is C7H16O5. The van der Waals surface area contributed by atoms with Crippen molar-refractivity contribution in [2.24, 2.45) is 0 Å². The molecule has 0 aromatic heterocycles. The van der Waals surface area contributed by atoms with Gasteiger partial charge in [0.15, 0.2) is 0 Å². The zero-order valence-electron chi connectivity index (χ0n) is 7.05. The molecule has 0 aromatic rings. The van der Waals surface area contributed by atoms with Crippen molar-refractivity contribution in [3.05, 3.63) is 0 Å². The minimum absolute atomic E-state index is 0.0935. The average molecular weight is 180 g/mol. The van der Waals surface area contributed by atoms with Gasteiger partial charge in [0.1, 0.15) is 6.10 Å². The molecule has 3 atom stereocenters. The Labute approximate surface area is 71.2 Å². The van der Waals surface area contributed by atoms with Gasteiger partial charge in [0, 0.05) is 13.5 Å². The molecule has 4 N–H and O–H groups in total. The van der Waals surface area contributed by atoms with E-state index in [1.54, 1.807) is 0 Å². The number of hydrogen-bond donors (Lipinski definition) is 4. The van der Waals surface area contributed by atoms with Crippen LogP contribution in [0, 0.1) is 0 Å². The van der Waals surface area contributed by atoms with Gasteiger partial charge in [-0.1, -0.05) is 0 Å². The molecule has 5 heteroatoms. The van der Waals surface area contributed by atoms with Crippen molar-refractivity contribution >= 4 is 0 Å². The lowest BCUT2D eigenvalue weighted by Crippen LogP contribution is -2.42. The van der Waals surface area contributed by atoms with E-state index in [1.807, 2.05) is 0 Å². The number of hydrogen-bond acceptors (Lipinski definition) is 5. The third-order valence-corrected chi connectivity index (χ3v) is 1.65. The van der Waals surface area contributed by atoms with Crippen LogP contribution in [0.25, 0.3) is 0 Å². The molecule has 1 aliphatic rings. The van der Waals surface area contributed by atoms with Crippen LogP contribution < -0.4 is 0 Å². The first-order valence-electron chi connectivity index (χ1n) is 3.77. The lowest BCUT2D eigenvalue weighted by atomic mass is 10.0. The topological polar surface area (TPSA) is 90.2 Å². The fraction of sp³-hybridized carbons (Fsp3) is 1.00. The predicted octanol–water partition coefficient (Wildman–Crippen LogP) is -1.90. The summed E-state index contributed by atoms with van der Waals surface area (Å²) in [5.74, 6) is 0. The monoisotopic (exact) mass is 180 g/mol. The maximum atomic E-state index is 9.04. The van der Waals surface area contributed by atoms with Crippen LogP contribution in [-0.2, 0) is 4.74 Å². The van der Waals surface area contributed by atoms with Gasteiger partial charge < -0.3 is 25.2 Å². The molecule has 0 aromatic carbocycles. The Kier molecular flexibility index (Phi) is 6.23. The number of ether oxygens (including phenoxy) is 1. The van der Waals surface area contributed by atoms with Crippen molar-refractivity contribution in [1.82, 2.24) is 0 Å². The van der Waals surface area contributed by atoms with E-state index < -0.39 is 12.2 Å². The van der Waals surface area contributed by atoms with Gasteiger partial charge in [-0.05, 0) is 0 Å². The highest BCUT2D eigenvalue weighted by Crippen LogP contribution is 2.13. The Bertz CT molecular complexity index is 108. The SMILES string of the molecule is CO.OCC1CC(O)C(O)CO1. The Morgan fingerprint density at radius 1 is 1.25 bits per heavy atom. The molecule has 3 unspecified atom stereocenters. The molecule has 1 fully saturated rings. The minimum Gasteiger partial charge on any atom is -0.400 e. The van der Waals surface area contributed by atoms with Gasteiger partial charge >= 0.3 is 0 Å². The van der Waals surface area contributed by atoms with Crippen LogP contribution in [0.15, 0.2) is 0 Å². The Morgan fingerprint density at radius 2 is 1.83 bits per heavy atom. The van der Waals surface area contributed by atoms with Gasteiger partial charge in [-0.25, -0.2) is 0 Å². The van der Waals surface area contributed by atoms with Crippen LogP contribution in [0.5, 0.6) is 0 Å². The molecule has 0 amide bonds. The van der Waals surface area contributed by atoms with E-state index in [9.17, 15) is 0 Å². The summed E-state index contributed by atoms with van der Waals surface area (Å²) >= 11 is 0. The highest BCUT2D eigenvalue weighted by molar-refractivity contribution is 4.76. The Hall–Kier alpha value is -0.200. The van der Waals surface area contributed by atoms with E-state index in [1.165, 1.54) is 0 Å². The third kappa shape index (κ3) is 3.46. The molecule has 1 aliphatic heterocycles. The third-order valence-electron chi connectivity index (χ3n) is 1.65. The van der Waals surface area contributed by atoms with E-state index in [0.29, 0.717) is 6.42 Å². The van der Waals surface area contributed by atoms with Crippen LogP contribution in [-0.4, -0.2) is 59.1 Å². The maximum Gasteiger partial charge on any atom is 0.103 e. The number of aliphatic hydroxyl groups excluding tert-OH is 4. The van der Waals surface area contributed by atoms with E-state index in [-0.39, 0.29) is 19.3 Å². The van der Waals surface area contributed by atoms with Gasteiger partial charge in [-0.15, -0.1) is 0 Å². The molecule has 0 bridgehead atoms. The molecule has 1 saturated heterocycles. The lowest BCUT2D eigenvalue weighted by molar-refractivity contribution is -0.131. The summed E-state index contributed by atoms with van der Waals surface area (Å²) < 4.78 is 4.95. The first-order chi connectivity index (χ1) is 5.74. The largest absolute Gasteiger partial charge is 0.400 e. The first kappa shape index (κ1) is 11.8. The van der Waals surface area contributed by atoms with E-state index in [4.69, 9.17) is 25.2 Å². The summed E-state index contributed by atoms with van der Waals surface area (Å²) in [6.07, 6.45) is -1.52. The molecule has 74 valence electrons. The highest BCUT2D eigenvalue weighted by Gasteiger charge is 2.27. The fourth-order valence-corrected chi connectivity index (χ4v) is 0.967. The van der Waals surface area contributed by atoms with Crippen molar-refractivity contribution in [2.75, 3.05) is 20.3 Å². The normalized spacial score (nSPS) is 35.2. The molecule has 5 nitrogen and oxygen atoms in total. The first-order valence-corrected chi connectivity index (χ1v) is 3.77. The summed E-state index contributed by atoms with van der Waals surface area (Å²) in [6.45, 7) is 0.0240. The summed E-state index contributed by atoms with van der Waals surface area (Å²) in [4.78, 5) is 0. The quantitative estimate of drug-likeness (QED) is 0.378. The Balaban J connectivity index is 0.000000561. The molecule has 1 heterocycles.